The molecule has 8 heteroatoms. The number of ether oxygens (including phenoxy) is 2. The number of nitrogens with zero attached hydrogens (tertiary/aromatic N) is 1. The van der Waals surface area contributed by atoms with E-state index in [2.05, 4.69) is 5.32 Å². The largest absolute Gasteiger partial charge is 1.00 e. The van der Waals surface area contributed by atoms with Gasteiger partial charge in [-0.3, -0.25) is 14.4 Å². The maximum absolute atomic E-state index is 12.4. The minimum atomic E-state index is -0.440. The molecule has 1 atom stereocenters. The fourth-order valence-corrected chi connectivity index (χ4v) is 3.42. The van der Waals surface area contributed by atoms with Gasteiger partial charge in [0.2, 0.25) is 0 Å². The van der Waals surface area contributed by atoms with E-state index < -0.39 is 5.92 Å². The molecule has 7 nitrogen and oxygen atoms in total. The van der Waals surface area contributed by atoms with Crippen molar-refractivity contribution in [3.8, 4) is 0 Å². The fourth-order valence-electron chi connectivity index (χ4n) is 3.42. The summed E-state index contributed by atoms with van der Waals surface area (Å²) >= 11 is 0. The van der Waals surface area contributed by atoms with Crippen LogP contribution < -0.4 is 58.2 Å². The van der Waals surface area contributed by atoms with Gasteiger partial charge in [0.15, 0.2) is 0 Å². The van der Waals surface area contributed by atoms with E-state index in [1.54, 1.807) is 0 Å². The summed E-state index contributed by atoms with van der Waals surface area (Å²) in [6.45, 7) is 2.66. The van der Waals surface area contributed by atoms with Crippen LogP contribution in [0.1, 0.15) is 63.0 Å². The van der Waals surface area contributed by atoms with E-state index >= 15 is 0 Å². The molecule has 0 N–H and O–H groups in total. The molecule has 1 unspecified atom stereocenters. The van der Waals surface area contributed by atoms with Crippen LogP contribution in [0.4, 0.5) is 0 Å². The Labute approximate surface area is 239 Å². The molecule has 1 aliphatic rings. The van der Waals surface area contributed by atoms with Crippen LogP contribution in [-0.4, -0.2) is 43.3 Å². The van der Waals surface area contributed by atoms with Crippen molar-refractivity contribution in [3.05, 3.63) is 40.7 Å². The molecule has 0 radical (unpaired) electrons. The third-order valence-corrected chi connectivity index (χ3v) is 5.16. The van der Waals surface area contributed by atoms with Crippen molar-refractivity contribution in [1.82, 2.24) is 0 Å². The van der Waals surface area contributed by atoms with Crippen molar-refractivity contribution in [1.29, 1.82) is 0 Å². The van der Waals surface area contributed by atoms with Gasteiger partial charge in [0, 0.05) is 25.7 Å². The number of amides is 1. The Morgan fingerprint density at radius 3 is 2.47 bits per heavy atom. The molecule has 1 aromatic rings. The summed E-state index contributed by atoms with van der Waals surface area (Å²) in [7, 11) is 0. The van der Waals surface area contributed by atoms with Gasteiger partial charge < -0.3 is 19.6 Å². The smallest absolute Gasteiger partial charge is 0.648 e. The first kappa shape index (κ1) is 29.3. The molecule has 1 amide bonds. The molecule has 0 bridgehead atoms. The van der Waals surface area contributed by atoms with Crippen molar-refractivity contribution in [2.24, 2.45) is 5.92 Å². The van der Waals surface area contributed by atoms with Gasteiger partial charge in [-0.05, 0) is 24.8 Å². The summed E-state index contributed by atoms with van der Waals surface area (Å²) in [6.07, 6.45) is 4.97. The Morgan fingerprint density at radius 1 is 1.06 bits per heavy atom. The summed E-state index contributed by atoms with van der Waals surface area (Å²) in [5.74, 6) is -0.937. The molecular formula is C24H32NO6Rb. The van der Waals surface area contributed by atoms with E-state index in [1.165, 1.54) is 0 Å². The second-order valence-corrected chi connectivity index (χ2v) is 7.81. The van der Waals surface area contributed by atoms with E-state index in [1.807, 2.05) is 31.2 Å². The van der Waals surface area contributed by atoms with Crippen molar-refractivity contribution in [2.45, 2.75) is 64.8 Å². The van der Waals surface area contributed by atoms with Crippen LogP contribution in [0.3, 0.4) is 0 Å². The Bertz CT molecular complexity index is 749. The van der Waals surface area contributed by atoms with Crippen LogP contribution in [-0.2, 0) is 41.6 Å². The first-order chi connectivity index (χ1) is 15.0. The first-order valence-electron chi connectivity index (χ1n) is 11.1. The quantitative estimate of drug-likeness (QED) is 0.218. The molecule has 32 heavy (non-hydrogen) atoms. The van der Waals surface area contributed by atoms with Crippen LogP contribution in [0.2, 0.25) is 0 Å². The number of benzene rings is 1. The first-order valence-corrected chi connectivity index (χ1v) is 11.1. The molecule has 0 aromatic heterocycles. The molecule has 1 fully saturated rings. The van der Waals surface area contributed by atoms with Crippen molar-refractivity contribution in [2.75, 3.05) is 19.8 Å². The van der Waals surface area contributed by atoms with Gasteiger partial charge in [-0.1, -0.05) is 43.2 Å². The Morgan fingerprint density at radius 2 is 1.78 bits per heavy atom. The Balaban J connectivity index is 0.00000512. The van der Waals surface area contributed by atoms with E-state index in [0.717, 1.165) is 30.4 Å². The number of hydrogen-bond donors (Lipinski definition) is 0. The summed E-state index contributed by atoms with van der Waals surface area (Å²) < 4.78 is 10.3. The topological polar surface area (TPSA) is 101 Å². The summed E-state index contributed by atoms with van der Waals surface area (Å²) in [4.78, 5) is 47.3. The van der Waals surface area contributed by atoms with Gasteiger partial charge in [0.05, 0.1) is 31.6 Å². The molecule has 1 saturated carbocycles. The molecule has 0 heterocycles. The van der Waals surface area contributed by atoms with Crippen molar-refractivity contribution in [3.63, 3.8) is 0 Å². The van der Waals surface area contributed by atoms with Gasteiger partial charge in [-0.25, -0.2) is 0 Å². The number of carbonyl (C=O) groups is 4. The van der Waals surface area contributed by atoms with Gasteiger partial charge in [0.25, 0.3) is 0 Å². The van der Waals surface area contributed by atoms with Gasteiger partial charge in [-0.15, -0.1) is 6.54 Å². The molecular weight excluding hydrogens is 484 g/mol. The monoisotopic (exact) mass is 515 g/mol. The summed E-state index contributed by atoms with van der Waals surface area (Å²) in [5.41, 5.74) is 1.72. The van der Waals surface area contributed by atoms with Crippen LogP contribution in [0.15, 0.2) is 24.3 Å². The zero-order valence-electron chi connectivity index (χ0n) is 19.3. The fraction of sp³-hybridized carbons (Fsp3) is 0.583. The van der Waals surface area contributed by atoms with Gasteiger partial charge in [0.1, 0.15) is 11.6 Å². The number of rotatable bonds is 13. The predicted molar refractivity (Wildman–Crippen MR) is 115 cm³/mol. The summed E-state index contributed by atoms with van der Waals surface area (Å²) in [5, 5.41) is 3.98. The predicted octanol–water partition coefficient (Wildman–Crippen LogP) is 0.712. The van der Waals surface area contributed by atoms with Crippen LogP contribution in [0.25, 0.3) is 5.32 Å². The Hall–Kier alpha value is -0.735. The number of hydrogen-bond acceptors (Lipinski definition) is 6. The third-order valence-electron chi connectivity index (χ3n) is 5.16. The van der Waals surface area contributed by atoms with Crippen molar-refractivity contribution >= 4 is 23.4 Å². The normalized spacial score (nSPS) is 15.5. The molecule has 1 aliphatic carbocycles. The van der Waals surface area contributed by atoms with Gasteiger partial charge >= 0.3 is 64.2 Å². The van der Waals surface area contributed by atoms with Crippen LogP contribution >= 0.6 is 0 Å². The molecule has 2 rings (SSSR count). The van der Waals surface area contributed by atoms with E-state index in [-0.39, 0.29) is 108 Å². The van der Waals surface area contributed by atoms with Crippen LogP contribution in [0, 0.1) is 5.92 Å². The number of Topliss-reactive ketones (excluding diaryl/α,β-unsaturated/α-hetero) is 2. The molecule has 0 aliphatic heterocycles. The average molecular weight is 516 g/mol. The molecule has 0 spiro atoms. The third kappa shape index (κ3) is 11.4. The van der Waals surface area contributed by atoms with Gasteiger partial charge in [-0.2, -0.15) is 0 Å². The Kier molecular flexibility index (Phi) is 15.4. The molecule has 170 valence electrons. The number of ketones is 2. The minimum Gasteiger partial charge on any atom is -0.648 e. The number of carbonyl (C=O) groups excluding carboxylic acids is 4. The average Bonchev–Trinajstić information content (AvgIpc) is 2.76. The van der Waals surface area contributed by atoms with Crippen molar-refractivity contribution < 1.29 is 86.8 Å². The van der Waals surface area contributed by atoms with E-state index in [9.17, 15) is 19.2 Å². The molecule has 0 saturated heterocycles. The summed E-state index contributed by atoms with van der Waals surface area (Å²) in [6, 6.07) is 7.37. The standard InChI is InChI=1S/C24H33NO6.Rb/c1-2-6-24(29)31-14-5-13-30-17-23(28)25-16-19-11-9-18(10-12-19)15-22(27)20-7-3-4-8-21(20)26;/h9-12,20H,2-8,13-17H2,1H3,(H,25,28);/q;+1/p-1. The maximum Gasteiger partial charge on any atom is 1.00 e. The van der Waals surface area contributed by atoms with E-state index in [4.69, 9.17) is 9.47 Å². The zero-order valence-corrected chi connectivity index (χ0v) is 24.2. The second kappa shape index (κ2) is 16.8. The number of esters is 1. The van der Waals surface area contributed by atoms with Crippen LogP contribution in [0.5, 0.6) is 0 Å². The second-order valence-electron chi connectivity index (χ2n) is 7.81. The van der Waals surface area contributed by atoms with E-state index in [0.29, 0.717) is 32.3 Å². The SMILES string of the molecule is CCCC(=O)OCCCOCC(=O)[N-]Cc1ccc(CC(=O)C2CCCCC2=O)cc1.[Rb+]. The zero-order chi connectivity index (χ0) is 22.5. The molecule has 1 aromatic carbocycles. The maximum atomic E-state index is 12.4. The minimum absolute atomic E-state index is 0.